The lowest BCUT2D eigenvalue weighted by molar-refractivity contribution is -0.133. The van der Waals surface area contributed by atoms with Gasteiger partial charge < -0.3 is 10.6 Å². The molecule has 2 aromatic carbocycles. The Morgan fingerprint density at radius 1 is 1.25 bits per heavy atom. The van der Waals surface area contributed by atoms with Crippen molar-refractivity contribution < 1.29 is 23.2 Å². The van der Waals surface area contributed by atoms with Crippen LogP contribution in [0.1, 0.15) is 18.1 Å². The number of para-hydroxylation sites is 1. The van der Waals surface area contributed by atoms with Crippen molar-refractivity contribution in [3.63, 3.8) is 0 Å². The second-order valence-corrected chi connectivity index (χ2v) is 6.28. The third-order valence-electron chi connectivity index (χ3n) is 4.37. The summed E-state index contributed by atoms with van der Waals surface area (Å²) < 4.78 is 27.7. The van der Waals surface area contributed by atoms with Crippen molar-refractivity contribution in [2.24, 2.45) is 0 Å². The van der Waals surface area contributed by atoms with E-state index in [1.54, 1.807) is 12.1 Å². The Balaban J connectivity index is 1.81. The molecule has 2 N–H and O–H groups in total. The fourth-order valence-corrected chi connectivity index (χ4v) is 2.93. The van der Waals surface area contributed by atoms with E-state index < -0.39 is 41.6 Å². The topological polar surface area (TPSA) is 102 Å². The van der Waals surface area contributed by atoms with Gasteiger partial charge in [-0.1, -0.05) is 12.1 Å². The number of urea groups is 1. The zero-order valence-corrected chi connectivity index (χ0v) is 14.6. The van der Waals surface area contributed by atoms with E-state index in [0.29, 0.717) is 4.90 Å². The highest BCUT2D eigenvalue weighted by atomic mass is 19.1. The molecule has 2 aromatic rings. The third-order valence-corrected chi connectivity index (χ3v) is 4.37. The molecule has 0 unspecified atom stereocenters. The minimum Gasteiger partial charge on any atom is -0.323 e. The molecule has 1 fully saturated rings. The van der Waals surface area contributed by atoms with Crippen LogP contribution < -0.4 is 10.6 Å². The number of nitrogens with zero attached hydrogens (tertiary/aromatic N) is 2. The molecule has 1 heterocycles. The van der Waals surface area contributed by atoms with Crippen LogP contribution in [0, 0.1) is 23.0 Å². The maximum absolute atomic E-state index is 14.1. The van der Waals surface area contributed by atoms with Gasteiger partial charge in [0, 0.05) is 5.56 Å². The van der Waals surface area contributed by atoms with E-state index in [9.17, 15) is 23.2 Å². The molecule has 1 atom stereocenters. The first-order chi connectivity index (χ1) is 13.3. The molecular weight excluding hydrogens is 370 g/mol. The van der Waals surface area contributed by atoms with Gasteiger partial charge in [0.2, 0.25) is 5.91 Å². The first-order valence-electron chi connectivity index (χ1n) is 8.15. The number of carbonyl (C=O) groups excluding carboxylic acids is 3. The van der Waals surface area contributed by atoms with Gasteiger partial charge in [-0.2, -0.15) is 5.26 Å². The standard InChI is InChI=1S/C19H14F2N4O3/c1-19(13-8-12(20)6-7-14(13)21)17(27)25(18(28)24-19)10-16(26)23-15-5-3-2-4-11(15)9-22/h2-8H,10H2,1H3,(H,23,26)(H,24,28)/t19-/m1/s1. The van der Waals surface area contributed by atoms with Crippen LogP contribution in [0.5, 0.6) is 0 Å². The fraction of sp³-hybridized carbons (Fsp3) is 0.158. The zero-order chi connectivity index (χ0) is 20.5. The second kappa shape index (κ2) is 7.08. The molecule has 0 radical (unpaired) electrons. The van der Waals surface area contributed by atoms with Crippen molar-refractivity contribution in [1.29, 1.82) is 5.26 Å². The number of amides is 4. The Morgan fingerprint density at radius 2 is 1.96 bits per heavy atom. The molecule has 3 rings (SSSR count). The van der Waals surface area contributed by atoms with Crippen LogP contribution >= 0.6 is 0 Å². The van der Waals surface area contributed by atoms with Crippen molar-refractivity contribution >= 4 is 23.5 Å². The molecule has 0 saturated carbocycles. The first-order valence-corrected chi connectivity index (χ1v) is 8.15. The van der Waals surface area contributed by atoms with Crippen molar-refractivity contribution in [3.8, 4) is 6.07 Å². The van der Waals surface area contributed by atoms with E-state index in [1.807, 2.05) is 6.07 Å². The van der Waals surface area contributed by atoms with Crippen LogP contribution in [0.15, 0.2) is 42.5 Å². The molecule has 0 aromatic heterocycles. The third kappa shape index (κ3) is 3.27. The Bertz CT molecular complexity index is 1030. The van der Waals surface area contributed by atoms with Gasteiger partial charge in [0.1, 0.15) is 29.8 Å². The van der Waals surface area contributed by atoms with Crippen LogP contribution in [0.25, 0.3) is 0 Å². The van der Waals surface area contributed by atoms with E-state index in [-0.39, 0.29) is 16.8 Å². The maximum atomic E-state index is 14.1. The molecule has 142 valence electrons. The van der Waals surface area contributed by atoms with E-state index in [4.69, 9.17) is 5.26 Å². The number of hydrogen-bond donors (Lipinski definition) is 2. The lowest BCUT2D eigenvalue weighted by Gasteiger charge is -2.22. The number of hydrogen-bond acceptors (Lipinski definition) is 4. The molecule has 4 amide bonds. The van der Waals surface area contributed by atoms with E-state index in [0.717, 1.165) is 18.2 Å². The van der Waals surface area contributed by atoms with Crippen LogP contribution in [0.3, 0.4) is 0 Å². The molecule has 1 aliphatic rings. The molecule has 7 nitrogen and oxygen atoms in total. The lowest BCUT2D eigenvalue weighted by atomic mass is 9.91. The molecule has 9 heteroatoms. The summed E-state index contributed by atoms with van der Waals surface area (Å²) in [5, 5.41) is 13.8. The Morgan fingerprint density at radius 3 is 2.68 bits per heavy atom. The minimum atomic E-state index is -1.85. The van der Waals surface area contributed by atoms with Crippen LogP contribution in [-0.4, -0.2) is 29.3 Å². The number of anilines is 1. The van der Waals surface area contributed by atoms with Crippen molar-refractivity contribution in [3.05, 3.63) is 65.2 Å². The highest BCUT2D eigenvalue weighted by Crippen LogP contribution is 2.31. The zero-order valence-electron chi connectivity index (χ0n) is 14.6. The molecule has 28 heavy (non-hydrogen) atoms. The van der Waals surface area contributed by atoms with Crippen molar-refractivity contribution in [2.75, 3.05) is 11.9 Å². The quantitative estimate of drug-likeness (QED) is 0.789. The lowest BCUT2D eigenvalue weighted by Crippen LogP contribution is -2.42. The summed E-state index contributed by atoms with van der Waals surface area (Å²) in [6.07, 6.45) is 0. The van der Waals surface area contributed by atoms with Gasteiger partial charge in [0.05, 0.1) is 11.3 Å². The highest BCUT2D eigenvalue weighted by Gasteiger charge is 2.50. The normalized spacial score (nSPS) is 18.6. The van der Waals surface area contributed by atoms with Crippen LogP contribution in [0.2, 0.25) is 0 Å². The Hall–Kier alpha value is -3.80. The summed E-state index contributed by atoms with van der Waals surface area (Å²) in [5.41, 5.74) is -1.77. The monoisotopic (exact) mass is 384 g/mol. The second-order valence-electron chi connectivity index (χ2n) is 6.28. The number of carbonyl (C=O) groups is 3. The van der Waals surface area contributed by atoms with Gasteiger partial charge in [-0.05, 0) is 37.3 Å². The molecule has 1 aliphatic heterocycles. The van der Waals surface area contributed by atoms with E-state index in [1.165, 1.54) is 19.1 Å². The number of nitrogens with one attached hydrogen (secondary N) is 2. The summed E-state index contributed by atoms with van der Waals surface area (Å²) in [4.78, 5) is 37.8. The van der Waals surface area contributed by atoms with E-state index >= 15 is 0 Å². The number of halogens is 2. The Kier molecular flexibility index (Phi) is 4.79. The first kappa shape index (κ1) is 19.0. The van der Waals surface area contributed by atoms with Gasteiger partial charge in [-0.25, -0.2) is 13.6 Å². The van der Waals surface area contributed by atoms with Gasteiger partial charge in [-0.3, -0.25) is 14.5 Å². The van der Waals surface area contributed by atoms with Gasteiger partial charge in [-0.15, -0.1) is 0 Å². The molecule has 0 spiro atoms. The summed E-state index contributed by atoms with van der Waals surface area (Å²) in [5.74, 6) is -3.27. The van der Waals surface area contributed by atoms with Gasteiger partial charge in [0.25, 0.3) is 5.91 Å². The largest absolute Gasteiger partial charge is 0.325 e. The van der Waals surface area contributed by atoms with Gasteiger partial charge in [0.15, 0.2) is 0 Å². The number of rotatable bonds is 4. The minimum absolute atomic E-state index is 0.208. The van der Waals surface area contributed by atoms with Crippen LogP contribution in [0.4, 0.5) is 19.3 Å². The molecular formula is C19H14F2N4O3. The number of benzene rings is 2. The van der Waals surface area contributed by atoms with E-state index in [2.05, 4.69) is 10.6 Å². The SMILES string of the molecule is C[C@]1(c2cc(F)ccc2F)NC(=O)N(CC(=O)Nc2ccccc2C#N)C1=O. The fourth-order valence-electron chi connectivity index (χ4n) is 2.93. The summed E-state index contributed by atoms with van der Waals surface area (Å²) in [6.45, 7) is 0.574. The predicted molar refractivity (Wildman–Crippen MR) is 93.7 cm³/mol. The van der Waals surface area contributed by atoms with Crippen LogP contribution in [-0.2, 0) is 15.1 Å². The summed E-state index contributed by atoms with van der Waals surface area (Å²) >= 11 is 0. The van der Waals surface area contributed by atoms with Gasteiger partial charge >= 0.3 is 6.03 Å². The molecule has 1 saturated heterocycles. The predicted octanol–water partition coefficient (Wildman–Crippen LogP) is 2.24. The Labute approximate surface area is 158 Å². The number of imide groups is 1. The average Bonchev–Trinajstić information content (AvgIpc) is 2.88. The number of nitriles is 1. The average molecular weight is 384 g/mol. The smallest absolute Gasteiger partial charge is 0.323 e. The molecule has 0 bridgehead atoms. The summed E-state index contributed by atoms with van der Waals surface area (Å²) in [7, 11) is 0. The maximum Gasteiger partial charge on any atom is 0.325 e. The highest BCUT2D eigenvalue weighted by molar-refractivity contribution is 6.10. The molecule has 0 aliphatic carbocycles. The van der Waals surface area contributed by atoms with Crippen molar-refractivity contribution in [1.82, 2.24) is 10.2 Å². The van der Waals surface area contributed by atoms with Crippen molar-refractivity contribution in [2.45, 2.75) is 12.5 Å². The summed E-state index contributed by atoms with van der Waals surface area (Å²) in [6, 6.07) is 9.76.